The molecule has 1 aliphatic rings. The Labute approximate surface area is 183 Å². The zero-order valence-electron chi connectivity index (χ0n) is 17.8. The largest absolute Gasteiger partial charge is 0.417 e. The number of hydrogen-bond donors (Lipinski definition) is 1. The number of aliphatic hydroxyl groups is 1. The Morgan fingerprint density at radius 2 is 1.91 bits per heavy atom. The quantitative estimate of drug-likeness (QED) is 0.605. The molecule has 0 bridgehead atoms. The fourth-order valence-electron chi connectivity index (χ4n) is 4.35. The molecule has 1 aliphatic carbocycles. The SMILES string of the molecule is CC[C@@H](CO)n1cnc2c(C3CCCCC3)nc(-c3ccc(C(F)(F)F)cn3)cc2c1=O. The topological polar surface area (TPSA) is 80.9 Å². The van der Waals surface area contributed by atoms with Gasteiger partial charge in [0.25, 0.3) is 5.56 Å². The minimum atomic E-state index is -4.48. The van der Waals surface area contributed by atoms with Crippen molar-refractivity contribution in [3.05, 3.63) is 52.3 Å². The van der Waals surface area contributed by atoms with E-state index in [9.17, 15) is 23.1 Å². The summed E-state index contributed by atoms with van der Waals surface area (Å²) in [6, 6.07) is 3.39. The minimum absolute atomic E-state index is 0.128. The highest BCUT2D eigenvalue weighted by molar-refractivity contribution is 5.83. The van der Waals surface area contributed by atoms with Gasteiger partial charge in [-0.3, -0.25) is 14.3 Å². The standard InChI is InChI=1S/C23H25F3N4O2/c1-2-16(12-31)30-13-28-21-17(22(30)32)10-19(29-20(21)14-6-4-3-5-7-14)18-9-8-15(11-27-18)23(24,25)26/h8-11,13-14,16,31H,2-7,12H2,1H3/t16-/m0/s1. The number of halogens is 3. The molecule has 1 atom stereocenters. The Balaban J connectivity index is 1.90. The van der Waals surface area contributed by atoms with Crippen molar-refractivity contribution in [1.82, 2.24) is 19.5 Å². The lowest BCUT2D eigenvalue weighted by molar-refractivity contribution is -0.137. The number of hydrogen-bond acceptors (Lipinski definition) is 5. The molecule has 170 valence electrons. The zero-order valence-corrected chi connectivity index (χ0v) is 17.8. The lowest BCUT2D eigenvalue weighted by Gasteiger charge is -2.23. The van der Waals surface area contributed by atoms with Crippen LogP contribution < -0.4 is 5.56 Å². The van der Waals surface area contributed by atoms with Crippen LogP contribution in [0, 0.1) is 0 Å². The van der Waals surface area contributed by atoms with E-state index in [0.717, 1.165) is 44.4 Å². The Morgan fingerprint density at radius 3 is 2.50 bits per heavy atom. The highest BCUT2D eigenvalue weighted by atomic mass is 19.4. The monoisotopic (exact) mass is 446 g/mol. The summed E-state index contributed by atoms with van der Waals surface area (Å²) in [6.07, 6.45) is 3.40. The van der Waals surface area contributed by atoms with Gasteiger partial charge in [0.2, 0.25) is 0 Å². The molecule has 3 aromatic rings. The molecule has 0 saturated heterocycles. The van der Waals surface area contributed by atoms with E-state index < -0.39 is 17.8 Å². The molecule has 0 unspecified atom stereocenters. The summed E-state index contributed by atoms with van der Waals surface area (Å²) in [5.74, 6) is 0.128. The zero-order chi connectivity index (χ0) is 22.9. The van der Waals surface area contributed by atoms with Gasteiger partial charge in [0, 0.05) is 12.1 Å². The number of aliphatic hydroxyl groups excluding tert-OH is 1. The van der Waals surface area contributed by atoms with E-state index in [1.807, 2.05) is 6.92 Å². The Hall–Kier alpha value is -2.81. The van der Waals surface area contributed by atoms with E-state index in [1.54, 1.807) is 6.07 Å². The molecule has 1 fully saturated rings. The second kappa shape index (κ2) is 8.97. The molecule has 4 rings (SSSR count). The number of rotatable bonds is 5. The van der Waals surface area contributed by atoms with Crippen LogP contribution in [0.15, 0.2) is 35.5 Å². The molecule has 0 amide bonds. The summed E-state index contributed by atoms with van der Waals surface area (Å²) in [5, 5.41) is 10.00. The lowest BCUT2D eigenvalue weighted by atomic mass is 9.86. The highest BCUT2D eigenvalue weighted by Crippen LogP contribution is 2.36. The molecule has 3 aromatic heterocycles. The van der Waals surface area contributed by atoms with Gasteiger partial charge in [-0.15, -0.1) is 0 Å². The van der Waals surface area contributed by atoms with Crippen molar-refractivity contribution in [1.29, 1.82) is 0 Å². The Kier molecular flexibility index (Phi) is 6.28. The second-order valence-corrected chi connectivity index (χ2v) is 8.26. The molecular formula is C23H25F3N4O2. The first kappa shape index (κ1) is 22.4. The smallest absolute Gasteiger partial charge is 0.394 e. The van der Waals surface area contributed by atoms with Crippen molar-refractivity contribution in [2.75, 3.05) is 6.61 Å². The van der Waals surface area contributed by atoms with Gasteiger partial charge in [-0.2, -0.15) is 13.2 Å². The fraction of sp³-hybridized carbons (Fsp3) is 0.478. The van der Waals surface area contributed by atoms with Crippen molar-refractivity contribution in [2.45, 2.75) is 63.6 Å². The molecule has 0 aliphatic heterocycles. The predicted molar refractivity (Wildman–Crippen MR) is 114 cm³/mol. The van der Waals surface area contributed by atoms with Gasteiger partial charge < -0.3 is 5.11 Å². The normalized spacial score (nSPS) is 16.4. The summed E-state index contributed by atoms with van der Waals surface area (Å²) in [5.41, 5.74) is 0.680. The number of fused-ring (bicyclic) bond motifs is 1. The van der Waals surface area contributed by atoms with Gasteiger partial charge in [0.15, 0.2) is 0 Å². The maximum Gasteiger partial charge on any atom is 0.417 e. The number of aromatic nitrogens is 4. The first-order chi connectivity index (χ1) is 15.3. The van der Waals surface area contributed by atoms with E-state index in [4.69, 9.17) is 4.98 Å². The van der Waals surface area contributed by atoms with Crippen LogP contribution in [0.4, 0.5) is 13.2 Å². The Bertz CT molecular complexity index is 1150. The molecule has 0 aromatic carbocycles. The van der Waals surface area contributed by atoms with Gasteiger partial charge >= 0.3 is 6.18 Å². The maximum absolute atomic E-state index is 13.3. The molecule has 1 saturated carbocycles. The van der Waals surface area contributed by atoms with Gasteiger partial charge in [0.1, 0.15) is 0 Å². The summed E-state index contributed by atoms with van der Waals surface area (Å²) in [6.45, 7) is 1.67. The third-order valence-electron chi connectivity index (χ3n) is 6.22. The van der Waals surface area contributed by atoms with Crippen LogP contribution >= 0.6 is 0 Å². The third kappa shape index (κ3) is 4.26. The first-order valence-electron chi connectivity index (χ1n) is 10.9. The molecule has 0 radical (unpaired) electrons. The van der Waals surface area contributed by atoms with E-state index >= 15 is 0 Å². The minimum Gasteiger partial charge on any atom is -0.394 e. The van der Waals surface area contributed by atoms with Crippen LogP contribution in [-0.2, 0) is 6.18 Å². The highest BCUT2D eigenvalue weighted by Gasteiger charge is 2.31. The number of nitrogens with zero attached hydrogens (tertiary/aromatic N) is 4. The van der Waals surface area contributed by atoms with Crippen LogP contribution in [0.25, 0.3) is 22.3 Å². The fourth-order valence-corrected chi connectivity index (χ4v) is 4.35. The van der Waals surface area contributed by atoms with E-state index in [1.165, 1.54) is 17.0 Å². The molecule has 3 heterocycles. The number of alkyl halides is 3. The van der Waals surface area contributed by atoms with Gasteiger partial charge in [-0.1, -0.05) is 26.2 Å². The summed E-state index contributed by atoms with van der Waals surface area (Å²) >= 11 is 0. The van der Waals surface area contributed by atoms with Crippen molar-refractivity contribution in [2.24, 2.45) is 0 Å². The maximum atomic E-state index is 13.3. The van der Waals surface area contributed by atoms with Crippen LogP contribution in [0.2, 0.25) is 0 Å². The summed E-state index contributed by atoms with van der Waals surface area (Å²) < 4.78 is 40.3. The summed E-state index contributed by atoms with van der Waals surface area (Å²) in [4.78, 5) is 26.6. The molecule has 9 heteroatoms. The van der Waals surface area contributed by atoms with Crippen molar-refractivity contribution in [3.8, 4) is 11.4 Å². The lowest BCUT2D eigenvalue weighted by Crippen LogP contribution is -2.27. The first-order valence-corrected chi connectivity index (χ1v) is 10.9. The molecule has 6 nitrogen and oxygen atoms in total. The molecule has 32 heavy (non-hydrogen) atoms. The van der Waals surface area contributed by atoms with E-state index in [0.29, 0.717) is 28.7 Å². The van der Waals surface area contributed by atoms with Gasteiger partial charge in [-0.05, 0) is 37.5 Å². The Morgan fingerprint density at radius 1 is 1.16 bits per heavy atom. The van der Waals surface area contributed by atoms with E-state index in [2.05, 4.69) is 9.97 Å². The van der Waals surface area contributed by atoms with Crippen LogP contribution in [0.3, 0.4) is 0 Å². The second-order valence-electron chi connectivity index (χ2n) is 8.26. The van der Waals surface area contributed by atoms with Crippen molar-refractivity contribution >= 4 is 10.9 Å². The predicted octanol–water partition coefficient (Wildman–Crippen LogP) is 4.86. The van der Waals surface area contributed by atoms with Crippen LogP contribution in [0.1, 0.15) is 68.7 Å². The third-order valence-corrected chi connectivity index (χ3v) is 6.22. The van der Waals surface area contributed by atoms with Gasteiger partial charge in [0.05, 0.1) is 52.5 Å². The molecule has 1 N–H and O–H groups in total. The number of pyridine rings is 2. The molecular weight excluding hydrogens is 421 g/mol. The van der Waals surface area contributed by atoms with Crippen LogP contribution in [-0.4, -0.2) is 31.2 Å². The van der Waals surface area contributed by atoms with E-state index in [-0.39, 0.29) is 23.8 Å². The van der Waals surface area contributed by atoms with Crippen molar-refractivity contribution in [3.63, 3.8) is 0 Å². The summed E-state index contributed by atoms with van der Waals surface area (Å²) in [7, 11) is 0. The molecule has 0 spiro atoms. The average molecular weight is 446 g/mol. The van der Waals surface area contributed by atoms with Gasteiger partial charge in [-0.25, -0.2) is 9.97 Å². The van der Waals surface area contributed by atoms with Crippen molar-refractivity contribution < 1.29 is 18.3 Å². The van der Waals surface area contributed by atoms with Crippen LogP contribution in [0.5, 0.6) is 0 Å². The average Bonchev–Trinajstić information content (AvgIpc) is 2.81.